The highest BCUT2D eigenvalue weighted by atomic mass is 16.5. The monoisotopic (exact) mass is 358 g/mol. The Balaban J connectivity index is 1.59. The van der Waals surface area contributed by atoms with E-state index in [-0.39, 0.29) is 5.54 Å². The first kappa shape index (κ1) is 19.2. The van der Waals surface area contributed by atoms with Gasteiger partial charge in [-0.2, -0.15) is 0 Å². The van der Waals surface area contributed by atoms with Crippen LogP contribution in [0.15, 0.2) is 35.3 Å². The van der Waals surface area contributed by atoms with Crippen molar-refractivity contribution < 1.29 is 4.74 Å². The minimum atomic E-state index is 0.191. The third-order valence-corrected chi connectivity index (χ3v) is 5.63. The Labute approximate surface area is 158 Å². The molecule has 3 rings (SSSR count). The van der Waals surface area contributed by atoms with Crippen LogP contribution in [0.2, 0.25) is 0 Å². The van der Waals surface area contributed by atoms with Gasteiger partial charge in [0, 0.05) is 31.8 Å². The predicted octanol–water partition coefficient (Wildman–Crippen LogP) is 2.43. The molecule has 5 nitrogen and oxygen atoms in total. The molecule has 0 spiro atoms. The molecule has 5 heteroatoms. The fourth-order valence-electron chi connectivity index (χ4n) is 4.06. The van der Waals surface area contributed by atoms with E-state index in [0.717, 1.165) is 58.1 Å². The molecule has 2 aliphatic heterocycles. The Bertz CT molecular complexity index is 548. The Kier molecular flexibility index (Phi) is 7.32. The highest BCUT2D eigenvalue weighted by Crippen LogP contribution is 2.31. The Morgan fingerprint density at radius 2 is 1.85 bits per heavy atom. The van der Waals surface area contributed by atoms with Crippen molar-refractivity contribution >= 4 is 5.96 Å². The van der Waals surface area contributed by atoms with Crippen LogP contribution < -0.4 is 10.6 Å². The van der Waals surface area contributed by atoms with Crippen LogP contribution in [0.1, 0.15) is 38.2 Å². The van der Waals surface area contributed by atoms with Crippen LogP contribution in [0.5, 0.6) is 0 Å². The molecule has 0 unspecified atom stereocenters. The molecule has 144 valence electrons. The zero-order valence-corrected chi connectivity index (χ0v) is 16.2. The lowest BCUT2D eigenvalue weighted by atomic mass is 9.88. The SMILES string of the molecule is CCNC(=NCC1(N2CCCC2)CCOCC1)NCCc1ccccc1. The molecule has 0 radical (unpaired) electrons. The van der Waals surface area contributed by atoms with E-state index in [0.29, 0.717) is 0 Å². The van der Waals surface area contributed by atoms with Crippen LogP contribution in [0.3, 0.4) is 0 Å². The van der Waals surface area contributed by atoms with E-state index in [9.17, 15) is 0 Å². The van der Waals surface area contributed by atoms with Gasteiger partial charge in [0.2, 0.25) is 0 Å². The summed E-state index contributed by atoms with van der Waals surface area (Å²) < 4.78 is 5.65. The Hall–Kier alpha value is -1.59. The van der Waals surface area contributed by atoms with Crippen molar-refractivity contribution in [2.45, 2.75) is 44.6 Å². The molecule has 0 aromatic heterocycles. The number of guanidine groups is 1. The number of hydrogen-bond acceptors (Lipinski definition) is 3. The summed E-state index contributed by atoms with van der Waals surface area (Å²) in [6, 6.07) is 10.6. The average molecular weight is 359 g/mol. The molecular weight excluding hydrogens is 324 g/mol. The number of benzene rings is 1. The summed E-state index contributed by atoms with van der Waals surface area (Å²) in [5, 5.41) is 6.91. The Morgan fingerprint density at radius 3 is 2.54 bits per heavy atom. The van der Waals surface area contributed by atoms with Crippen molar-refractivity contribution in [3.8, 4) is 0 Å². The van der Waals surface area contributed by atoms with E-state index in [1.54, 1.807) is 0 Å². The standard InChI is InChI=1S/C21H34N4O/c1-2-22-20(23-13-10-19-8-4-3-5-9-19)24-18-21(11-16-26-17-12-21)25-14-6-7-15-25/h3-5,8-9H,2,6-7,10-18H2,1H3,(H2,22,23,24). The first-order chi connectivity index (χ1) is 12.8. The van der Waals surface area contributed by atoms with E-state index < -0.39 is 0 Å². The summed E-state index contributed by atoms with van der Waals surface area (Å²) in [6.07, 6.45) is 5.85. The molecule has 26 heavy (non-hydrogen) atoms. The van der Waals surface area contributed by atoms with Gasteiger partial charge in [-0.05, 0) is 57.7 Å². The van der Waals surface area contributed by atoms with Crippen LogP contribution >= 0.6 is 0 Å². The fourth-order valence-corrected chi connectivity index (χ4v) is 4.06. The highest BCUT2D eigenvalue weighted by Gasteiger charge is 2.39. The summed E-state index contributed by atoms with van der Waals surface area (Å²) in [6.45, 7) is 8.93. The third kappa shape index (κ3) is 5.21. The van der Waals surface area contributed by atoms with Gasteiger partial charge >= 0.3 is 0 Å². The van der Waals surface area contributed by atoms with Crippen molar-refractivity contribution in [1.82, 2.24) is 15.5 Å². The van der Waals surface area contributed by atoms with E-state index >= 15 is 0 Å². The van der Waals surface area contributed by atoms with E-state index in [4.69, 9.17) is 9.73 Å². The van der Waals surface area contributed by atoms with Crippen molar-refractivity contribution in [1.29, 1.82) is 0 Å². The molecule has 1 aromatic rings. The quantitative estimate of drug-likeness (QED) is 0.581. The first-order valence-electron chi connectivity index (χ1n) is 10.2. The molecule has 2 saturated heterocycles. The summed E-state index contributed by atoms with van der Waals surface area (Å²) in [4.78, 5) is 7.66. The number of aliphatic imine (C=N–C) groups is 1. The van der Waals surface area contributed by atoms with Crippen LogP contribution in [-0.2, 0) is 11.2 Å². The molecule has 0 atom stereocenters. The lowest BCUT2D eigenvalue weighted by molar-refractivity contribution is -0.0139. The van der Waals surface area contributed by atoms with E-state index in [1.165, 1.54) is 31.5 Å². The predicted molar refractivity (Wildman–Crippen MR) is 108 cm³/mol. The lowest BCUT2D eigenvalue weighted by Crippen LogP contribution is -2.54. The van der Waals surface area contributed by atoms with Crippen molar-refractivity contribution in [2.75, 3.05) is 45.9 Å². The van der Waals surface area contributed by atoms with E-state index in [2.05, 4.69) is 52.8 Å². The number of hydrogen-bond donors (Lipinski definition) is 2. The Morgan fingerprint density at radius 1 is 1.12 bits per heavy atom. The number of ether oxygens (including phenoxy) is 1. The van der Waals surface area contributed by atoms with Gasteiger partial charge in [-0.3, -0.25) is 9.89 Å². The number of nitrogens with zero attached hydrogens (tertiary/aromatic N) is 2. The van der Waals surface area contributed by atoms with E-state index in [1.807, 2.05) is 0 Å². The van der Waals surface area contributed by atoms with Gasteiger partial charge < -0.3 is 15.4 Å². The molecule has 2 fully saturated rings. The molecular formula is C21H34N4O. The average Bonchev–Trinajstić information content (AvgIpc) is 3.23. The van der Waals surface area contributed by atoms with Crippen molar-refractivity contribution in [3.63, 3.8) is 0 Å². The summed E-state index contributed by atoms with van der Waals surface area (Å²) >= 11 is 0. The van der Waals surface area contributed by atoms with Gasteiger partial charge in [0.05, 0.1) is 6.54 Å². The van der Waals surface area contributed by atoms with Gasteiger partial charge in [0.15, 0.2) is 5.96 Å². The lowest BCUT2D eigenvalue weighted by Gasteiger charge is -2.43. The largest absolute Gasteiger partial charge is 0.381 e. The molecule has 2 N–H and O–H groups in total. The minimum Gasteiger partial charge on any atom is -0.381 e. The second kappa shape index (κ2) is 9.93. The molecule has 0 bridgehead atoms. The summed E-state index contributed by atoms with van der Waals surface area (Å²) in [5.41, 5.74) is 1.55. The maximum atomic E-state index is 5.65. The molecule has 2 aliphatic rings. The molecule has 0 saturated carbocycles. The fraction of sp³-hybridized carbons (Fsp3) is 0.667. The summed E-state index contributed by atoms with van der Waals surface area (Å²) in [7, 11) is 0. The normalized spacial score (nSPS) is 20.9. The molecule has 1 aromatic carbocycles. The zero-order valence-electron chi connectivity index (χ0n) is 16.2. The van der Waals surface area contributed by atoms with Gasteiger partial charge in [-0.15, -0.1) is 0 Å². The maximum Gasteiger partial charge on any atom is 0.191 e. The van der Waals surface area contributed by atoms with Crippen molar-refractivity contribution in [3.05, 3.63) is 35.9 Å². The first-order valence-corrected chi connectivity index (χ1v) is 10.2. The van der Waals surface area contributed by atoms with Gasteiger partial charge in [0.1, 0.15) is 0 Å². The van der Waals surface area contributed by atoms with Gasteiger partial charge in [0.25, 0.3) is 0 Å². The second-order valence-electron chi connectivity index (χ2n) is 7.39. The number of nitrogens with one attached hydrogen (secondary N) is 2. The highest BCUT2D eigenvalue weighted by molar-refractivity contribution is 5.79. The smallest absolute Gasteiger partial charge is 0.191 e. The molecule has 0 aliphatic carbocycles. The minimum absolute atomic E-state index is 0.191. The van der Waals surface area contributed by atoms with Crippen LogP contribution in [-0.4, -0.2) is 62.3 Å². The van der Waals surface area contributed by atoms with Gasteiger partial charge in [-0.1, -0.05) is 30.3 Å². The number of likely N-dealkylation sites (tertiary alicyclic amines) is 1. The zero-order chi connectivity index (χ0) is 18.1. The third-order valence-electron chi connectivity index (χ3n) is 5.63. The van der Waals surface area contributed by atoms with Crippen LogP contribution in [0, 0.1) is 0 Å². The van der Waals surface area contributed by atoms with Crippen LogP contribution in [0.25, 0.3) is 0 Å². The van der Waals surface area contributed by atoms with Crippen molar-refractivity contribution in [2.24, 2.45) is 4.99 Å². The second-order valence-corrected chi connectivity index (χ2v) is 7.39. The maximum absolute atomic E-state index is 5.65. The topological polar surface area (TPSA) is 48.9 Å². The van der Waals surface area contributed by atoms with Crippen LogP contribution in [0.4, 0.5) is 0 Å². The molecule has 2 heterocycles. The number of rotatable bonds is 7. The summed E-state index contributed by atoms with van der Waals surface area (Å²) in [5.74, 6) is 0.938. The molecule has 0 amide bonds. The van der Waals surface area contributed by atoms with Gasteiger partial charge in [-0.25, -0.2) is 0 Å².